The van der Waals surface area contributed by atoms with E-state index in [0.29, 0.717) is 18.7 Å². The molecule has 96 valence electrons. The summed E-state index contributed by atoms with van der Waals surface area (Å²) in [5, 5.41) is 11.6. The number of carbonyl (C=O) groups is 1. The largest absolute Gasteiger partial charge is 0.352 e. The van der Waals surface area contributed by atoms with E-state index in [1.807, 2.05) is 26.0 Å². The van der Waals surface area contributed by atoms with Crippen molar-refractivity contribution in [3.05, 3.63) is 35.4 Å². The molecule has 0 aliphatic heterocycles. The van der Waals surface area contributed by atoms with Crippen LogP contribution >= 0.6 is 0 Å². The third-order valence-corrected chi connectivity index (χ3v) is 2.92. The van der Waals surface area contributed by atoms with Crippen LogP contribution in [-0.4, -0.2) is 12.5 Å². The van der Waals surface area contributed by atoms with E-state index in [-0.39, 0.29) is 17.7 Å². The topological polar surface area (TPSA) is 78.9 Å². The van der Waals surface area contributed by atoms with Crippen LogP contribution in [0.15, 0.2) is 24.3 Å². The Morgan fingerprint density at radius 3 is 2.78 bits per heavy atom. The molecule has 4 heteroatoms. The zero-order valence-corrected chi connectivity index (χ0v) is 10.8. The Morgan fingerprint density at radius 2 is 2.22 bits per heavy atom. The molecule has 1 aromatic rings. The van der Waals surface area contributed by atoms with E-state index in [2.05, 4.69) is 11.4 Å². The van der Waals surface area contributed by atoms with Crippen LogP contribution in [0.1, 0.15) is 25.0 Å². The van der Waals surface area contributed by atoms with E-state index in [0.717, 1.165) is 5.56 Å². The molecule has 0 bridgehead atoms. The van der Waals surface area contributed by atoms with Crippen molar-refractivity contribution in [1.82, 2.24) is 5.32 Å². The van der Waals surface area contributed by atoms with Crippen molar-refractivity contribution in [2.24, 2.45) is 17.6 Å². The van der Waals surface area contributed by atoms with Gasteiger partial charge in [0, 0.05) is 13.1 Å². The number of carbonyl (C=O) groups excluding carboxylic acids is 1. The Balaban J connectivity index is 2.59. The van der Waals surface area contributed by atoms with Gasteiger partial charge in [-0.15, -0.1) is 0 Å². The molecule has 1 unspecified atom stereocenters. The van der Waals surface area contributed by atoms with Crippen LogP contribution in [0.25, 0.3) is 0 Å². The van der Waals surface area contributed by atoms with Crippen LogP contribution in [0.2, 0.25) is 0 Å². The van der Waals surface area contributed by atoms with Crippen molar-refractivity contribution < 1.29 is 4.79 Å². The lowest BCUT2D eigenvalue weighted by Gasteiger charge is -2.18. The van der Waals surface area contributed by atoms with Gasteiger partial charge in [0.15, 0.2) is 0 Å². The van der Waals surface area contributed by atoms with E-state index in [4.69, 9.17) is 11.0 Å². The highest BCUT2D eigenvalue weighted by Crippen LogP contribution is 2.10. The molecule has 0 heterocycles. The normalized spacial score (nSPS) is 11.9. The highest BCUT2D eigenvalue weighted by Gasteiger charge is 2.19. The van der Waals surface area contributed by atoms with Crippen LogP contribution in [0.3, 0.4) is 0 Å². The molecule has 0 spiro atoms. The molecule has 1 amide bonds. The van der Waals surface area contributed by atoms with Crippen LogP contribution < -0.4 is 11.1 Å². The van der Waals surface area contributed by atoms with Gasteiger partial charge >= 0.3 is 0 Å². The van der Waals surface area contributed by atoms with Crippen molar-refractivity contribution in [1.29, 1.82) is 5.26 Å². The van der Waals surface area contributed by atoms with Gasteiger partial charge in [0.2, 0.25) is 5.91 Å². The summed E-state index contributed by atoms with van der Waals surface area (Å²) in [4.78, 5) is 11.9. The lowest BCUT2D eigenvalue weighted by molar-refractivity contribution is -0.126. The number of hydrogen-bond donors (Lipinski definition) is 2. The number of nitriles is 1. The van der Waals surface area contributed by atoms with Gasteiger partial charge in [-0.3, -0.25) is 4.79 Å². The fourth-order valence-corrected chi connectivity index (χ4v) is 1.75. The molecular formula is C14H19N3O. The summed E-state index contributed by atoms with van der Waals surface area (Å²) in [5.41, 5.74) is 7.10. The smallest absolute Gasteiger partial charge is 0.224 e. The number of benzene rings is 1. The fourth-order valence-electron chi connectivity index (χ4n) is 1.75. The molecule has 0 saturated carbocycles. The van der Waals surface area contributed by atoms with Gasteiger partial charge in [0.25, 0.3) is 0 Å². The first kappa shape index (κ1) is 14.2. The number of amides is 1. The monoisotopic (exact) mass is 245 g/mol. The molecule has 0 aromatic heterocycles. The Morgan fingerprint density at radius 1 is 1.50 bits per heavy atom. The summed E-state index contributed by atoms with van der Waals surface area (Å²) in [7, 11) is 0. The van der Waals surface area contributed by atoms with Crippen molar-refractivity contribution in [2.75, 3.05) is 6.54 Å². The van der Waals surface area contributed by atoms with Gasteiger partial charge in [0.05, 0.1) is 17.6 Å². The second-order valence-corrected chi connectivity index (χ2v) is 4.62. The van der Waals surface area contributed by atoms with Gasteiger partial charge < -0.3 is 11.1 Å². The number of nitrogens with zero attached hydrogens (tertiary/aromatic N) is 1. The summed E-state index contributed by atoms with van der Waals surface area (Å²) in [6.45, 7) is 4.74. The van der Waals surface area contributed by atoms with Gasteiger partial charge in [-0.25, -0.2) is 0 Å². The Kier molecular flexibility index (Phi) is 5.34. The minimum atomic E-state index is -0.163. The quantitative estimate of drug-likeness (QED) is 0.823. The molecule has 0 radical (unpaired) electrons. The average molecular weight is 245 g/mol. The molecule has 1 atom stereocenters. The van der Waals surface area contributed by atoms with E-state index in [9.17, 15) is 4.79 Å². The molecule has 1 aromatic carbocycles. The first-order valence-electron chi connectivity index (χ1n) is 6.05. The van der Waals surface area contributed by atoms with E-state index < -0.39 is 0 Å². The molecule has 18 heavy (non-hydrogen) atoms. The van der Waals surface area contributed by atoms with E-state index in [1.165, 1.54) is 0 Å². The summed E-state index contributed by atoms with van der Waals surface area (Å²) in [5.74, 6) is 0.0273. The van der Waals surface area contributed by atoms with Crippen molar-refractivity contribution in [3.63, 3.8) is 0 Å². The van der Waals surface area contributed by atoms with Crippen molar-refractivity contribution in [2.45, 2.75) is 20.4 Å². The molecule has 0 aliphatic rings. The first-order chi connectivity index (χ1) is 8.58. The summed E-state index contributed by atoms with van der Waals surface area (Å²) < 4.78 is 0. The predicted molar refractivity (Wildman–Crippen MR) is 70.4 cm³/mol. The molecule has 0 fully saturated rings. The van der Waals surface area contributed by atoms with Crippen LogP contribution in [0.4, 0.5) is 0 Å². The zero-order valence-electron chi connectivity index (χ0n) is 10.8. The van der Waals surface area contributed by atoms with Crippen LogP contribution in [0.5, 0.6) is 0 Å². The third kappa shape index (κ3) is 3.86. The Hall–Kier alpha value is -1.86. The van der Waals surface area contributed by atoms with Crippen LogP contribution in [0, 0.1) is 23.2 Å². The lowest BCUT2D eigenvalue weighted by Crippen LogP contribution is -2.37. The fraction of sp³-hybridized carbons (Fsp3) is 0.429. The van der Waals surface area contributed by atoms with Gasteiger partial charge in [-0.05, 0) is 23.6 Å². The third-order valence-electron chi connectivity index (χ3n) is 2.92. The molecule has 3 N–H and O–H groups in total. The van der Waals surface area contributed by atoms with Crippen molar-refractivity contribution >= 4 is 5.91 Å². The highest BCUT2D eigenvalue weighted by atomic mass is 16.1. The SMILES string of the molecule is CC(C)C(CN)C(=O)NCc1cccc(C#N)c1. The number of hydrogen-bond acceptors (Lipinski definition) is 3. The number of rotatable bonds is 5. The zero-order chi connectivity index (χ0) is 13.5. The number of nitrogens with two attached hydrogens (primary N) is 1. The minimum Gasteiger partial charge on any atom is -0.352 e. The maximum absolute atomic E-state index is 11.9. The standard InChI is InChI=1S/C14H19N3O/c1-10(2)13(8-16)14(18)17-9-12-5-3-4-11(6-12)7-15/h3-6,10,13H,8-9,16H2,1-2H3,(H,17,18). The maximum atomic E-state index is 11.9. The summed E-state index contributed by atoms with van der Waals surface area (Å²) in [6.07, 6.45) is 0. The second kappa shape index (κ2) is 6.77. The van der Waals surface area contributed by atoms with E-state index >= 15 is 0 Å². The molecule has 4 nitrogen and oxygen atoms in total. The lowest BCUT2D eigenvalue weighted by atomic mass is 9.95. The molecule has 0 aliphatic carbocycles. The van der Waals surface area contributed by atoms with Crippen molar-refractivity contribution in [3.8, 4) is 6.07 Å². The van der Waals surface area contributed by atoms with Gasteiger partial charge in [0.1, 0.15) is 0 Å². The minimum absolute atomic E-state index is 0.0325. The molecular weight excluding hydrogens is 226 g/mol. The van der Waals surface area contributed by atoms with Gasteiger partial charge in [-0.1, -0.05) is 26.0 Å². The van der Waals surface area contributed by atoms with Crippen LogP contribution in [-0.2, 0) is 11.3 Å². The Labute approximate surface area is 108 Å². The average Bonchev–Trinajstić information content (AvgIpc) is 2.37. The molecule has 0 saturated heterocycles. The number of nitrogens with one attached hydrogen (secondary N) is 1. The van der Waals surface area contributed by atoms with Gasteiger partial charge in [-0.2, -0.15) is 5.26 Å². The summed E-state index contributed by atoms with van der Waals surface area (Å²) >= 11 is 0. The first-order valence-corrected chi connectivity index (χ1v) is 6.05. The molecule has 1 rings (SSSR count). The predicted octanol–water partition coefficient (Wildman–Crippen LogP) is 1.41. The Bertz CT molecular complexity index is 449. The summed E-state index contributed by atoms with van der Waals surface area (Å²) in [6, 6.07) is 9.27. The highest BCUT2D eigenvalue weighted by molar-refractivity contribution is 5.79. The maximum Gasteiger partial charge on any atom is 0.224 e. The van der Waals surface area contributed by atoms with E-state index in [1.54, 1.807) is 12.1 Å². The second-order valence-electron chi connectivity index (χ2n) is 4.62.